The molecule has 2 rings (SSSR count). The molecule has 124 valence electrons. The van der Waals surface area contributed by atoms with Crippen molar-refractivity contribution in [2.45, 2.75) is 25.7 Å². The zero-order chi connectivity index (χ0) is 16.7. The molecular weight excluding hydrogens is 293 g/mol. The Bertz CT molecular complexity index is 613. The van der Waals surface area contributed by atoms with Gasteiger partial charge in [0.1, 0.15) is 5.82 Å². The van der Waals surface area contributed by atoms with Gasteiger partial charge in [-0.15, -0.1) is 0 Å². The molecule has 1 unspecified atom stereocenters. The minimum atomic E-state index is -0.232. The summed E-state index contributed by atoms with van der Waals surface area (Å²) >= 11 is 0. The van der Waals surface area contributed by atoms with E-state index in [2.05, 4.69) is 6.92 Å². The highest BCUT2D eigenvalue weighted by atomic mass is 19.1. The van der Waals surface area contributed by atoms with E-state index in [1.165, 1.54) is 12.1 Å². The second-order valence-electron chi connectivity index (χ2n) is 5.52. The fourth-order valence-electron chi connectivity index (χ4n) is 2.53. The number of nitrogens with two attached hydrogens (primary N) is 1. The van der Waals surface area contributed by atoms with Crippen LogP contribution in [0.4, 0.5) is 4.39 Å². The molecule has 2 N–H and O–H groups in total. The number of hydrogen-bond donors (Lipinski definition) is 1. The molecule has 0 spiro atoms. The molecule has 0 aliphatic heterocycles. The number of methoxy groups -OCH3 is 1. The van der Waals surface area contributed by atoms with Crippen molar-refractivity contribution in [3.8, 4) is 11.5 Å². The Morgan fingerprint density at radius 1 is 1.09 bits per heavy atom. The SMILES string of the molecule is CCCOc1cc(CC(CN)c2ccc(F)cc2)ccc1OC. The van der Waals surface area contributed by atoms with E-state index < -0.39 is 0 Å². The van der Waals surface area contributed by atoms with Crippen molar-refractivity contribution in [2.24, 2.45) is 5.73 Å². The Labute approximate surface area is 137 Å². The highest BCUT2D eigenvalue weighted by Crippen LogP contribution is 2.30. The van der Waals surface area contributed by atoms with E-state index in [1.807, 2.05) is 18.2 Å². The molecule has 0 aromatic heterocycles. The third-order valence-electron chi connectivity index (χ3n) is 3.80. The van der Waals surface area contributed by atoms with Crippen LogP contribution < -0.4 is 15.2 Å². The predicted molar refractivity (Wildman–Crippen MR) is 90.7 cm³/mol. The van der Waals surface area contributed by atoms with Crippen molar-refractivity contribution in [3.63, 3.8) is 0 Å². The van der Waals surface area contributed by atoms with Crippen LogP contribution in [0.2, 0.25) is 0 Å². The lowest BCUT2D eigenvalue weighted by Gasteiger charge is -2.17. The smallest absolute Gasteiger partial charge is 0.161 e. The first-order chi connectivity index (χ1) is 11.2. The minimum absolute atomic E-state index is 0.142. The molecule has 23 heavy (non-hydrogen) atoms. The number of halogens is 1. The molecular formula is C19H24FNO2. The van der Waals surface area contributed by atoms with Gasteiger partial charge in [0.15, 0.2) is 11.5 Å². The Morgan fingerprint density at radius 3 is 2.43 bits per heavy atom. The molecule has 3 nitrogen and oxygen atoms in total. The average Bonchev–Trinajstić information content (AvgIpc) is 2.58. The summed E-state index contributed by atoms with van der Waals surface area (Å²) in [5, 5.41) is 0. The summed E-state index contributed by atoms with van der Waals surface area (Å²) in [5.41, 5.74) is 8.08. The van der Waals surface area contributed by atoms with Crippen LogP contribution in [0.25, 0.3) is 0 Å². The summed E-state index contributed by atoms with van der Waals surface area (Å²) in [7, 11) is 1.63. The van der Waals surface area contributed by atoms with Gasteiger partial charge in [0.25, 0.3) is 0 Å². The number of ether oxygens (including phenoxy) is 2. The molecule has 0 amide bonds. The summed E-state index contributed by atoms with van der Waals surface area (Å²) in [6.07, 6.45) is 1.71. The molecule has 0 saturated carbocycles. The van der Waals surface area contributed by atoms with Crippen LogP contribution in [0, 0.1) is 5.82 Å². The van der Waals surface area contributed by atoms with Crippen LogP contribution in [0.3, 0.4) is 0 Å². The molecule has 0 aliphatic rings. The summed E-state index contributed by atoms with van der Waals surface area (Å²) < 4.78 is 24.2. The maximum absolute atomic E-state index is 13.1. The van der Waals surface area contributed by atoms with Gasteiger partial charge in [0.2, 0.25) is 0 Å². The van der Waals surface area contributed by atoms with Gasteiger partial charge in [-0.05, 0) is 54.8 Å². The first-order valence-corrected chi connectivity index (χ1v) is 7.93. The summed E-state index contributed by atoms with van der Waals surface area (Å²) in [4.78, 5) is 0. The Balaban J connectivity index is 2.18. The standard InChI is InChI=1S/C19H24FNO2/c1-3-10-23-19-12-14(4-9-18(19)22-2)11-16(13-21)15-5-7-17(20)8-6-15/h4-9,12,16H,3,10-11,13,21H2,1-2H3. The van der Waals surface area contributed by atoms with Gasteiger partial charge in [-0.3, -0.25) is 0 Å². The Kier molecular flexibility index (Phi) is 6.41. The molecule has 1 atom stereocenters. The third kappa shape index (κ3) is 4.70. The summed E-state index contributed by atoms with van der Waals surface area (Å²) in [6, 6.07) is 12.5. The van der Waals surface area contributed by atoms with Gasteiger partial charge in [0, 0.05) is 5.92 Å². The Hall–Kier alpha value is -2.07. The Morgan fingerprint density at radius 2 is 1.83 bits per heavy atom. The van der Waals surface area contributed by atoms with Crippen LogP contribution in [-0.4, -0.2) is 20.3 Å². The maximum atomic E-state index is 13.1. The molecule has 0 radical (unpaired) electrons. The molecule has 0 saturated heterocycles. The summed E-state index contributed by atoms with van der Waals surface area (Å²) in [5.74, 6) is 1.39. The average molecular weight is 317 g/mol. The van der Waals surface area contributed by atoms with Crippen molar-refractivity contribution in [1.29, 1.82) is 0 Å². The highest BCUT2D eigenvalue weighted by molar-refractivity contribution is 5.43. The van der Waals surface area contributed by atoms with E-state index in [1.54, 1.807) is 19.2 Å². The monoisotopic (exact) mass is 317 g/mol. The fourth-order valence-corrected chi connectivity index (χ4v) is 2.53. The zero-order valence-electron chi connectivity index (χ0n) is 13.7. The lowest BCUT2D eigenvalue weighted by Crippen LogP contribution is -2.15. The fraction of sp³-hybridized carbons (Fsp3) is 0.368. The van der Waals surface area contributed by atoms with Crippen LogP contribution in [0.5, 0.6) is 11.5 Å². The molecule has 0 heterocycles. The van der Waals surface area contributed by atoms with E-state index in [0.29, 0.717) is 13.2 Å². The van der Waals surface area contributed by atoms with Crippen LogP contribution in [0.1, 0.15) is 30.4 Å². The predicted octanol–water partition coefficient (Wildman–Crippen LogP) is 3.91. The van der Waals surface area contributed by atoms with Gasteiger partial charge in [-0.1, -0.05) is 25.1 Å². The normalized spacial score (nSPS) is 12.0. The lowest BCUT2D eigenvalue weighted by atomic mass is 9.92. The molecule has 4 heteroatoms. The van der Waals surface area contributed by atoms with Crippen molar-refractivity contribution in [2.75, 3.05) is 20.3 Å². The van der Waals surface area contributed by atoms with Crippen molar-refractivity contribution >= 4 is 0 Å². The van der Waals surface area contributed by atoms with Gasteiger partial charge in [-0.25, -0.2) is 4.39 Å². The van der Waals surface area contributed by atoms with Crippen LogP contribution >= 0.6 is 0 Å². The van der Waals surface area contributed by atoms with Gasteiger partial charge < -0.3 is 15.2 Å². The first kappa shape index (κ1) is 17.3. The third-order valence-corrected chi connectivity index (χ3v) is 3.80. The highest BCUT2D eigenvalue weighted by Gasteiger charge is 2.13. The molecule has 0 bridgehead atoms. The number of rotatable bonds is 8. The number of benzene rings is 2. The van der Waals surface area contributed by atoms with E-state index in [0.717, 1.165) is 35.5 Å². The second-order valence-corrected chi connectivity index (χ2v) is 5.52. The molecule has 2 aromatic carbocycles. The first-order valence-electron chi connectivity index (χ1n) is 7.93. The molecule has 0 fully saturated rings. The largest absolute Gasteiger partial charge is 0.493 e. The van der Waals surface area contributed by atoms with Crippen molar-refractivity contribution in [1.82, 2.24) is 0 Å². The quantitative estimate of drug-likeness (QED) is 0.803. The van der Waals surface area contributed by atoms with E-state index in [-0.39, 0.29) is 11.7 Å². The van der Waals surface area contributed by atoms with Gasteiger partial charge in [-0.2, -0.15) is 0 Å². The topological polar surface area (TPSA) is 44.5 Å². The van der Waals surface area contributed by atoms with Crippen molar-refractivity contribution < 1.29 is 13.9 Å². The zero-order valence-corrected chi connectivity index (χ0v) is 13.7. The maximum Gasteiger partial charge on any atom is 0.161 e. The molecule has 0 aliphatic carbocycles. The second kappa shape index (κ2) is 8.53. The van der Waals surface area contributed by atoms with E-state index >= 15 is 0 Å². The van der Waals surface area contributed by atoms with E-state index in [9.17, 15) is 4.39 Å². The van der Waals surface area contributed by atoms with Crippen LogP contribution in [0.15, 0.2) is 42.5 Å². The van der Waals surface area contributed by atoms with Gasteiger partial charge >= 0.3 is 0 Å². The van der Waals surface area contributed by atoms with Gasteiger partial charge in [0.05, 0.1) is 13.7 Å². The molecule has 2 aromatic rings. The van der Waals surface area contributed by atoms with Crippen molar-refractivity contribution in [3.05, 3.63) is 59.4 Å². The van der Waals surface area contributed by atoms with Crippen LogP contribution in [-0.2, 0) is 6.42 Å². The minimum Gasteiger partial charge on any atom is -0.493 e. The lowest BCUT2D eigenvalue weighted by molar-refractivity contribution is 0.294. The van der Waals surface area contributed by atoms with E-state index in [4.69, 9.17) is 15.2 Å². The number of hydrogen-bond acceptors (Lipinski definition) is 3. The summed E-state index contributed by atoms with van der Waals surface area (Å²) in [6.45, 7) is 3.22.